The van der Waals surface area contributed by atoms with Crippen molar-refractivity contribution < 1.29 is 18.3 Å². The Morgan fingerprint density at radius 1 is 1.47 bits per heavy atom. The van der Waals surface area contributed by atoms with Crippen molar-refractivity contribution in [3.05, 3.63) is 35.8 Å². The molecule has 0 saturated carbocycles. The van der Waals surface area contributed by atoms with Gasteiger partial charge in [-0.1, -0.05) is 0 Å². The third-order valence-corrected chi connectivity index (χ3v) is 2.14. The molecular formula is C11H9FO3. The Balaban J connectivity index is 2.24. The molecule has 0 fully saturated rings. The Morgan fingerprint density at radius 2 is 2.33 bits per heavy atom. The van der Waals surface area contributed by atoms with Crippen LogP contribution in [0.15, 0.2) is 28.9 Å². The van der Waals surface area contributed by atoms with E-state index in [2.05, 4.69) is 4.74 Å². The molecule has 0 N–H and O–H groups in total. The number of benzene rings is 1. The van der Waals surface area contributed by atoms with Gasteiger partial charge in [0.05, 0.1) is 12.9 Å². The van der Waals surface area contributed by atoms with E-state index in [0.717, 1.165) is 10.9 Å². The number of hydrogen-bond donors (Lipinski definition) is 0. The molecule has 2 rings (SSSR count). The summed E-state index contributed by atoms with van der Waals surface area (Å²) in [6, 6.07) is 4.90. The molecule has 0 unspecified atom stereocenters. The van der Waals surface area contributed by atoms with E-state index in [-0.39, 0.29) is 12.2 Å². The number of furan rings is 1. The number of carbonyl (C=O) groups excluding carboxylic acids is 1. The molecule has 78 valence electrons. The van der Waals surface area contributed by atoms with Gasteiger partial charge >= 0.3 is 0 Å². The maximum absolute atomic E-state index is 13.4. The number of hydrogen-bond acceptors (Lipinski definition) is 3. The maximum atomic E-state index is 13.4. The van der Waals surface area contributed by atoms with Crippen LogP contribution in [-0.4, -0.2) is 13.1 Å². The number of halogens is 1. The molecule has 4 heteroatoms. The van der Waals surface area contributed by atoms with Crippen LogP contribution in [0.4, 0.5) is 4.39 Å². The largest absolute Gasteiger partial charge is 0.468 e. The van der Waals surface area contributed by atoms with Gasteiger partial charge in [-0.15, -0.1) is 0 Å². The smallest absolute Gasteiger partial charge is 0.293 e. The highest BCUT2D eigenvalue weighted by Crippen LogP contribution is 2.21. The monoisotopic (exact) mass is 208 g/mol. The van der Waals surface area contributed by atoms with Crippen LogP contribution in [0.25, 0.3) is 11.0 Å². The van der Waals surface area contributed by atoms with Crippen LogP contribution >= 0.6 is 0 Å². The van der Waals surface area contributed by atoms with Crippen LogP contribution in [0.2, 0.25) is 0 Å². The molecule has 3 nitrogen and oxygen atoms in total. The van der Waals surface area contributed by atoms with E-state index in [9.17, 15) is 9.18 Å². The van der Waals surface area contributed by atoms with Gasteiger partial charge < -0.3 is 9.15 Å². The lowest BCUT2D eigenvalue weighted by molar-refractivity contribution is -0.128. The van der Waals surface area contributed by atoms with Crippen molar-refractivity contribution in [2.45, 2.75) is 6.42 Å². The quantitative estimate of drug-likeness (QED) is 0.571. The normalized spacial score (nSPS) is 10.5. The van der Waals surface area contributed by atoms with Crippen LogP contribution in [0.5, 0.6) is 0 Å². The van der Waals surface area contributed by atoms with Crippen molar-refractivity contribution in [3.8, 4) is 0 Å². The summed E-state index contributed by atoms with van der Waals surface area (Å²) in [7, 11) is 0. The lowest BCUT2D eigenvalue weighted by Gasteiger charge is -2.01. The summed E-state index contributed by atoms with van der Waals surface area (Å²) in [5.74, 6) is -0.390. The predicted octanol–water partition coefficient (Wildman–Crippen LogP) is 2.29. The third kappa shape index (κ3) is 1.98. The molecular weight excluding hydrogens is 199 g/mol. The van der Waals surface area contributed by atoms with E-state index in [1.165, 1.54) is 12.3 Å². The Bertz CT molecular complexity index is 476. The van der Waals surface area contributed by atoms with E-state index in [0.29, 0.717) is 12.9 Å². The van der Waals surface area contributed by atoms with E-state index in [1.807, 2.05) is 6.07 Å². The SMILES string of the molecule is O=COCCc1cc(F)c2occc2c1. The second-order valence-electron chi connectivity index (χ2n) is 3.13. The minimum absolute atomic E-state index is 0.256. The number of ether oxygens (including phenoxy) is 1. The van der Waals surface area contributed by atoms with Crippen LogP contribution in [0.3, 0.4) is 0 Å². The average molecular weight is 208 g/mol. The molecule has 15 heavy (non-hydrogen) atoms. The molecule has 0 spiro atoms. The van der Waals surface area contributed by atoms with Crippen LogP contribution in [-0.2, 0) is 16.0 Å². The zero-order valence-electron chi connectivity index (χ0n) is 7.90. The molecule has 0 atom stereocenters. The average Bonchev–Trinajstić information content (AvgIpc) is 2.66. The van der Waals surface area contributed by atoms with Crippen molar-refractivity contribution in [3.63, 3.8) is 0 Å². The first kappa shape index (κ1) is 9.71. The minimum Gasteiger partial charge on any atom is -0.468 e. The van der Waals surface area contributed by atoms with Crippen molar-refractivity contribution in [2.75, 3.05) is 6.61 Å². The van der Waals surface area contributed by atoms with Gasteiger partial charge in [-0.05, 0) is 23.8 Å². The lowest BCUT2D eigenvalue weighted by atomic mass is 10.1. The molecule has 1 aromatic heterocycles. The zero-order valence-corrected chi connectivity index (χ0v) is 7.90. The first-order valence-electron chi connectivity index (χ1n) is 4.52. The van der Waals surface area contributed by atoms with E-state index >= 15 is 0 Å². The van der Waals surface area contributed by atoms with Gasteiger partial charge in [0.25, 0.3) is 6.47 Å². The summed E-state index contributed by atoms with van der Waals surface area (Å²) in [6.07, 6.45) is 1.94. The molecule has 0 aliphatic carbocycles. The van der Waals surface area contributed by atoms with Crippen LogP contribution < -0.4 is 0 Å². The second-order valence-corrected chi connectivity index (χ2v) is 3.13. The number of fused-ring (bicyclic) bond motifs is 1. The molecule has 2 aromatic rings. The van der Waals surface area contributed by atoms with Crippen LogP contribution in [0.1, 0.15) is 5.56 Å². The van der Waals surface area contributed by atoms with E-state index < -0.39 is 5.82 Å². The molecule has 0 radical (unpaired) electrons. The lowest BCUT2D eigenvalue weighted by Crippen LogP contribution is -1.97. The topological polar surface area (TPSA) is 39.4 Å². The first-order chi connectivity index (χ1) is 7.31. The molecule has 0 aliphatic rings. The summed E-state index contributed by atoms with van der Waals surface area (Å²) >= 11 is 0. The van der Waals surface area contributed by atoms with Crippen molar-refractivity contribution in [2.24, 2.45) is 0 Å². The van der Waals surface area contributed by atoms with Crippen molar-refractivity contribution >= 4 is 17.4 Å². The molecule has 0 amide bonds. The molecule has 1 aromatic carbocycles. The summed E-state index contributed by atoms with van der Waals surface area (Å²) in [5.41, 5.74) is 1.04. The summed E-state index contributed by atoms with van der Waals surface area (Å²) < 4.78 is 22.9. The van der Waals surface area contributed by atoms with E-state index in [1.54, 1.807) is 6.07 Å². The van der Waals surface area contributed by atoms with Gasteiger partial charge in [0.2, 0.25) is 0 Å². The summed E-state index contributed by atoms with van der Waals surface area (Å²) in [6.45, 7) is 0.638. The maximum Gasteiger partial charge on any atom is 0.293 e. The van der Waals surface area contributed by atoms with Gasteiger partial charge in [-0.3, -0.25) is 4.79 Å². The van der Waals surface area contributed by atoms with Gasteiger partial charge in [-0.2, -0.15) is 0 Å². The Morgan fingerprint density at radius 3 is 3.13 bits per heavy atom. The van der Waals surface area contributed by atoms with Crippen molar-refractivity contribution in [1.29, 1.82) is 0 Å². The fourth-order valence-corrected chi connectivity index (χ4v) is 1.47. The number of carbonyl (C=O) groups is 1. The highest BCUT2D eigenvalue weighted by Gasteiger charge is 2.06. The predicted molar refractivity (Wildman–Crippen MR) is 51.9 cm³/mol. The van der Waals surface area contributed by atoms with Gasteiger partial charge in [0.1, 0.15) is 0 Å². The van der Waals surface area contributed by atoms with E-state index in [4.69, 9.17) is 4.42 Å². The van der Waals surface area contributed by atoms with Crippen LogP contribution in [0, 0.1) is 5.82 Å². The second kappa shape index (κ2) is 4.13. The molecule has 0 saturated heterocycles. The first-order valence-corrected chi connectivity index (χ1v) is 4.52. The molecule has 0 aliphatic heterocycles. The Labute approximate surface area is 85.4 Å². The fraction of sp³-hybridized carbons (Fsp3) is 0.182. The standard InChI is InChI=1S/C11H9FO3/c12-10-6-8(1-3-14-7-13)5-9-2-4-15-11(9)10/h2,4-7H,1,3H2. The minimum atomic E-state index is -0.390. The molecule has 0 bridgehead atoms. The van der Waals surface area contributed by atoms with Gasteiger partial charge in [-0.25, -0.2) is 4.39 Å². The van der Waals surface area contributed by atoms with Gasteiger partial charge in [0, 0.05) is 11.8 Å². The van der Waals surface area contributed by atoms with Gasteiger partial charge in [0.15, 0.2) is 11.4 Å². The zero-order chi connectivity index (χ0) is 10.7. The summed E-state index contributed by atoms with van der Waals surface area (Å²) in [5, 5.41) is 0.719. The van der Waals surface area contributed by atoms with Crippen molar-refractivity contribution in [1.82, 2.24) is 0 Å². The Kier molecular flexibility index (Phi) is 2.67. The number of rotatable bonds is 4. The fourth-order valence-electron chi connectivity index (χ4n) is 1.47. The highest BCUT2D eigenvalue weighted by atomic mass is 19.1. The third-order valence-electron chi connectivity index (χ3n) is 2.14. The molecule has 1 heterocycles. The summed E-state index contributed by atoms with van der Waals surface area (Å²) in [4.78, 5) is 9.92. The Hall–Kier alpha value is -1.84. The highest BCUT2D eigenvalue weighted by molar-refractivity contribution is 5.78.